The largest absolute Gasteiger partial charge is 0.398 e. The molecule has 1 heterocycles. The smallest absolute Gasteiger partial charge is 0.181 e. The van der Waals surface area contributed by atoms with Crippen molar-refractivity contribution < 1.29 is 0 Å². The molecule has 0 spiro atoms. The number of H-pyrrole nitrogens is 1. The van der Waals surface area contributed by atoms with Gasteiger partial charge >= 0.3 is 0 Å². The van der Waals surface area contributed by atoms with Gasteiger partial charge in [0, 0.05) is 21.3 Å². The van der Waals surface area contributed by atoms with Crippen LogP contribution in [-0.2, 0) is 0 Å². The maximum Gasteiger partial charge on any atom is 0.181 e. The molecule has 20 heavy (non-hydrogen) atoms. The number of nitrogens with two attached hydrogens (primary N) is 1. The number of aryl methyl sites for hydroxylation is 1. The topological polar surface area (TPSA) is 67.6 Å². The Kier molecular flexibility index (Phi) is 3.28. The normalized spacial score (nSPS) is 10.7. The van der Waals surface area contributed by atoms with Crippen LogP contribution in [0.4, 0.5) is 5.69 Å². The summed E-state index contributed by atoms with van der Waals surface area (Å²) in [5, 5.41) is 7.21. The van der Waals surface area contributed by atoms with Gasteiger partial charge in [-0.05, 0) is 30.7 Å². The van der Waals surface area contributed by atoms with Crippen molar-refractivity contribution in [1.82, 2.24) is 15.2 Å². The van der Waals surface area contributed by atoms with E-state index in [-0.39, 0.29) is 0 Å². The number of anilines is 1. The van der Waals surface area contributed by atoms with Gasteiger partial charge in [-0.15, -0.1) is 0 Å². The summed E-state index contributed by atoms with van der Waals surface area (Å²) in [6.07, 6.45) is 0. The second-order valence-electron chi connectivity index (χ2n) is 4.59. The van der Waals surface area contributed by atoms with E-state index in [1.54, 1.807) is 0 Å². The molecular weight excluding hydrogens is 316 g/mol. The first-order valence-corrected chi connectivity index (χ1v) is 6.97. The third-order valence-corrected chi connectivity index (χ3v) is 3.67. The Morgan fingerprint density at radius 3 is 2.45 bits per heavy atom. The van der Waals surface area contributed by atoms with Crippen LogP contribution in [-0.4, -0.2) is 15.2 Å². The Morgan fingerprint density at radius 1 is 1.05 bits per heavy atom. The Bertz CT molecular complexity index is 747. The maximum atomic E-state index is 5.92. The molecule has 1 aromatic heterocycles. The van der Waals surface area contributed by atoms with E-state index in [1.807, 2.05) is 49.4 Å². The number of rotatable bonds is 2. The van der Waals surface area contributed by atoms with Gasteiger partial charge in [0.15, 0.2) is 11.6 Å². The van der Waals surface area contributed by atoms with Crippen molar-refractivity contribution in [2.24, 2.45) is 0 Å². The molecule has 0 bridgehead atoms. The summed E-state index contributed by atoms with van der Waals surface area (Å²) >= 11 is 3.41. The van der Waals surface area contributed by atoms with E-state index in [0.717, 1.165) is 32.7 Å². The predicted molar refractivity (Wildman–Crippen MR) is 84.1 cm³/mol. The SMILES string of the molecule is Cc1ccc(-c2n[nH]c(-c3ccc(Br)cc3)n2)cc1N. The minimum Gasteiger partial charge on any atom is -0.398 e. The molecule has 100 valence electrons. The Labute approximate surface area is 125 Å². The fourth-order valence-corrected chi connectivity index (χ4v) is 2.17. The number of benzene rings is 2. The molecule has 0 saturated carbocycles. The molecule has 0 aliphatic rings. The lowest BCUT2D eigenvalue weighted by Crippen LogP contribution is -1.90. The van der Waals surface area contributed by atoms with Gasteiger partial charge in [0.05, 0.1) is 0 Å². The molecule has 2 aromatic carbocycles. The molecule has 0 aliphatic heterocycles. The van der Waals surface area contributed by atoms with Crippen molar-refractivity contribution in [3.05, 3.63) is 52.5 Å². The van der Waals surface area contributed by atoms with Crippen molar-refractivity contribution in [3.63, 3.8) is 0 Å². The third kappa shape index (κ3) is 2.44. The average Bonchev–Trinajstić information content (AvgIpc) is 2.92. The number of hydrogen-bond donors (Lipinski definition) is 2. The fourth-order valence-electron chi connectivity index (χ4n) is 1.91. The summed E-state index contributed by atoms with van der Waals surface area (Å²) in [5.41, 5.74) is 9.62. The van der Waals surface area contributed by atoms with Crippen LogP contribution in [0.25, 0.3) is 22.8 Å². The highest BCUT2D eigenvalue weighted by molar-refractivity contribution is 9.10. The molecule has 3 N–H and O–H groups in total. The monoisotopic (exact) mass is 328 g/mol. The molecule has 0 amide bonds. The molecule has 0 atom stereocenters. The summed E-state index contributed by atoms with van der Waals surface area (Å²) in [6.45, 7) is 1.98. The molecule has 0 aliphatic carbocycles. The molecule has 4 nitrogen and oxygen atoms in total. The number of aromatic amines is 1. The van der Waals surface area contributed by atoms with Crippen LogP contribution in [0.2, 0.25) is 0 Å². The van der Waals surface area contributed by atoms with Crippen LogP contribution < -0.4 is 5.73 Å². The zero-order valence-corrected chi connectivity index (χ0v) is 12.5. The number of nitrogens with one attached hydrogen (secondary N) is 1. The lowest BCUT2D eigenvalue weighted by Gasteiger charge is -2.01. The van der Waals surface area contributed by atoms with E-state index in [2.05, 4.69) is 31.1 Å². The highest BCUT2D eigenvalue weighted by Gasteiger charge is 2.08. The Morgan fingerprint density at radius 2 is 1.75 bits per heavy atom. The summed E-state index contributed by atoms with van der Waals surface area (Å²) in [7, 11) is 0. The minimum atomic E-state index is 0.648. The molecule has 5 heteroatoms. The second-order valence-corrected chi connectivity index (χ2v) is 5.50. The number of hydrogen-bond acceptors (Lipinski definition) is 3. The van der Waals surface area contributed by atoms with E-state index >= 15 is 0 Å². The van der Waals surface area contributed by atoms with Gasteiger partial charge in [0.1, 0.15) is 0 Å². The molecular formula is C15H13BrN4. The van der Waals surface area contributed by atoms with E-state index in [9.17, 15) is 0 Å². The summed E-state index contributed by atoms with van der Waals surface area (Å²) < 4.78 is 1.03. The number of halogens is 1. The highest BCUT2D eigenvalue weighted by Crippen LogP contribution is 2.24. The van der Waals surface area contributed by atoms with Crippen LogP contribution in [0.1, 0.15) is 5.56 Å². The van der Waals surface area contributed by atoms with Crippen LogP contribution >= 0.6 is 15.9 Å². The van der Waals surface area contributed by atoms with E-state index in [1.165, 1.54) is 0 Å². The summed E-state index contributed by atoms with van der Waals surface area (Å²) in [5.74, 6) is 1.39. The van der Waals surface area contributed by atoms with Gasteiger partial charge in [-0.25, -0.2) is 4.98 Å². The van der Waals surface area contributed by atoms with Crippen molar-refractivity contribution in [1.29, 1.82) is 0 Å². The van der Waals surface area contributed by atoms with E-state index in [4.69, 9.17) is 5.73 Å². The zero-order chi connectivity index (χ0) is 14.1. The molecule has 0 unspecified atom stereocenters. The number of aromatic nitrogens is 3. The first-order valence-electron chi connectivity index (χ1n) is 6.18. The van der Waals surface area contributed by atoms with Gasteiger partial charge in [-0.1, -0.05) is 40.2 Å². The third-order valence-electron chi connectivity index (χ3n) is 3.14. The minimum absolute atomic E-state index is 0.648. The fraction of sp³-hybridized carbons (Fsp3) is 0.0667. The first-order chi connectivity index (χ1) is 9.63. The second kappa shape index (κ2) is 5.09. The van der Waals surface area contributed by atoms with Gasteiger partial charge in [0.2, 0.25) is 0 Å². The van der Waals surface area contributed by atoms with Gasteiger partial charge in [-0.3, -0.25) is 5.10 Å². The van der Waals surface area contributed by atoms with Gasteiger partial charge in [0.25, 0.3) is 0 Å². The standard InChI is InChI=1S/C15H13BrN4/c1-9-2-3-11(8-13(9)17)15-18-14(19-20-15)10-4-6-12(16)7-5-10/h2-8H,17H2,1H3,(H,18,19,20). The molecule has 3 rings (SSSR count). The summed E-state index contributed by atoms with van der Waals surface area (Å²) in [6, 6.07) is 13.8. The van der Waals surface area contributed by atoms with Crippen LogP contribution in [0, 0.1) is 6.92 Å². The Hall–Kier alpha value is -2.14. The predicted octanol–water partition coefficient (Wildman–Crippen LogP) is 3.79. The average molecular weight is 329 g/mol. The number of nitrogen functional groups attached to an aromatic ring is 1. The van der Waals surface area contributed by atoms with Crippen molar-refractivity contribution in [3.8, 4) is 22.8 Å². The van der Waals surface area contributed by atoms with E-state index in [0.29, 0.717) is 5.82 Å². The van der Waals surface area contributed by atoms with Gasteiger partial charge < -0.3 is 5.73 Å². The summed E-state index contributed by atoms with van der Waals surface area (Å²) in [4.78, 5) is 4.51. The van der Waals surface area contributed by atoms with Gasteiger partial charge in [-0.2, -0.15) is 5.10 Å². The lowest BCUT2D eigenvalue weighted by atomic mass is 10.1. The molecule has 3 aromatic rings. The Balaban J connectivity index is 1.97. The quantitative estimate of drug-likeness (QED) is 0.703. The number of nitrogens with zero attached hydrogens (tertiary/aromatic N) is 2. The van der Waals surface area contributed by atoms with E-state index < -0.39 is 0 Å². The molecule has 0 fully saturated rings. The maximum absolute atomic E-state index is 5.92. The van der Waals surface area contributed by atoms with Crippen LogP contribution in [0.15, 0.2) is 46.9 Å². The first kappa shape index (κ1) is 12.9. The highest BCUT2D eigenvalue weighted by atomic mass is 79.9. The lowest BCUT2D eigenvalue weighted by molar-refractivity contribution is 1.10. The molecule has 0 saturated heterocycles. The van der Waals surface area contributed by atoms with Crippen LogP contribution in [0.5, 0.6) is 0 Å². The van der Waals surface area contributed by atoms with Crippen molar-refractivity contribution in [2.75, 3.05) is 5.73 Å². The zero-order valence-electron chi connectivity index (χ0n) is 10.9. The van der Waals surface area contributed by atoms with Crippen molar-refractivity contribution >= 4 is 21.6 Å². The van der Waals surface area contributed by atoms with Crippen LogP contribution in [0.3, 0.4) is 0 Å². The molecule has 0 radical (unpaired) electrons. The van der Waals surface area contributed by atoms with Crippen molar-refractivity contribution in [2.45, 2.75) is 6.92 Å².